The molecule has 2 aromatic rings. The van der Waals surface area contributed by atoms with Crippen molar-refractivity contribution in [1.82, 2.24) is 5.32 Å². The minimum absolute atomic E-state index is 0.0732. The molecule has 0 radical (unpaired) electrons. The topological polar surface area (TPSA) is 47.6 Å². The van der Waals surface area contributed by atoms with Crippen molar-refractivity contribution in [3.05, 3.63) is 59.2 Å². The first-order valence-electron chi connectivity index (χ1n) is 8.68. The second-order valence-electron chi connectivity index (χ2n) is 6.17. The lowest BCUT2D eigenvalue weighted by atomic mass is 10.1. The largest absolute Gasteiger partial charge is 0.497 e. The van der Waals surface area contributed by atoms with Crippen LogP contribution in [0.5, 0.6) is 11.5 Å². The zero-order chi connectivity index (χ0) is 18.2. The number of aryl methyl sites for hydroxylation is 2. The molecular formula is C21H27NO3. The fourth-order valence-corrected chi connectivity index (χ4v) is 2.64. The van der Waals surface area contributed by atoms with Gasteiger partial charge in [0.1, 0.15) is 11.5 Å². The van der Waals surface area contributed by atoms with Gasteiger partial charge in [-0.1, -0.05) is 36.8 Å². The molecule has 1 N–H and O–H groups in total. The minimum atomic E-state index is -0.475. The van der Waals surface area contributed by atoms with E-state index < -0.39 is 6.10 Å². The van der Waals surface area contributed by atoms with Gasteiger partial charge >= 0.3 is 0 Å². The highest BCUT2D eigenvalue weighted by molar-refractivity contribution is 5.81. The average molecular weight is 341 g/mol. The van der Waals surface area contributed by atoms with Crippen molar-refractivity contribution >= 4 is 5.91 Å². The molecule has 0 spiro atoms. The zero-order valence-electron chi connectivity index (χ0n) is 15.5. The standard InChI is InChI=1S/C21H27NO3/c1-5-19(25-20-11-6-15(2)14-16(20)3)21(23)22-13-12-17-7-9-18(24-4)10-8-17/h6-11,14,19H,5,12-13H2,1-4H3,(H,22,23). The molecule has 0 bridgehead atoms. The number of benzene rings is 2. The van der Waals surface area contributed by atoms with Crippen LogP contribution in [-0.4, -0.2) is 25.7 Å². The number of carbonyl (C=O) groups excluding carboxylic acids is 1. The van der Waals surface area contributed by atoms with E-state index in [4.69, 9.17) is 9.47 Å². The fourth-order valence-electron chi connectivity index (χ4n) is 2.64. The van der Waals surface area contributed by atoms with E-state index in [0.29, 0.717) is 13.0 Å². The van der Waals surface area contributed by atoms with Crippen LogP contribution in [0.4, 0.5) is 0 Å². The maximum absolute atomic E-state index is 12.4. The summed E-state index contributed by atoms with van der Waals surface area (Å²) in [5.41, 5.74) is 3.38. The van der Waals surface area contributed by atoms with Crippen LogP contribution in [0, 0.1) is 13.8 Å². The molecule has 0 aliphatic rings. The highest BCUT2D eigenvalue weighted by atomic mass is 16.5. The molecular weight excluding hydrogens is 314 g/mol. The summed E-state index contributed by atoms with van der Waals surface area (Å²) in [5, 5.41) is 2.97. The molecule has 0 aliphatic carbocycles. The molecule has 4 heteroatoms. The van der Waals surface area contributed by atoms with Crippen molar-refractivity contribution in [3.8, 4) is 11.5 Å². The van der Waals surface area contributed by atoms with E-state index in [1.54, 1.807) is 7.11 Å². The lowest BCUT2D eigenvalue weighted by Gasteiger charge is -2.19. The van der Waals surface area contributed by atoms with Crippen molar-refractivity contribution in [2.45, 2.75) is 39.7 Å². The van der Waals surface area contributed by atoms with Crippen LogP contribution in [0.2, 0.25) is 0 Å². The molecule has 4 nitrogen and oxygen atoms in total. The van der Waals surface area contributed by atoms with E-state index in [1.165, 1.54) is 5.56 Å². The number of carbonyl (C=O) groups is 1. The summed E-state index contributed by atoms with van der Waals surface area (Å²) in [6, 6.07) is 13.9. The molecule has 1 unspecified atom stereocenters. The number of nitrogens with one attached hydrogen (secondary N) is 1. The quantitative estimate of drug-likeness (QED) is 0.794. The number of rotatable bonds is 8. The lowest BCUT2D eigenvalue weighted by Crippen LogP contribution is -2.39. The Hall–Kier alpha value is -2.49. The Balaban J connectivity index is 1.86. The fraction of sp³-hybridized carbons (Fsp3) is 0.381. The molecule has 0 heterocycles. The molecule has 0 fully saturated rings. The van der Waals surface area contributed by atoms with Crippen LogP contribution in [-0.2, 0) is 11.2 Å². The van der Waals surface area contributed by atoms with Crippen LogP contribution in [0.25, 0.3) is 0 Å². The molecule has 25 heavy (non-hydrogen) atoms. The SMILES string of the molecule is CCC(Oc1ccc(C)cc1C)C(=O)NCCc1ccc(OC)cc1. The van der Waals surface area contributed by atoms with Crippen molar-refractivity contribution in [2.75, 3.05) is 13.7 Å². The Morgan fingerprint density at radius 2 is 1.84 bits per heavy atom. The van der Waals surface area contributed by atoms with E-state index >= 15 is 0 Å². The van der Waals surface area contributed by atoms with Crippen LogP contribution in [0.3, 0.4) is 0 Å². The molecule has 134 valence electrons. The van der Waals surface area contributed by atoms with Gasteiger partial charge in [0.05, 0.1) is 7.11 Å². The van der Waals surface area contributed by atoms with Gasteiger partial charge in [-0.05, 0) is 56.0 Å². The van der Waals surface area contributed by atoms with E-state index in [0.717, 1.165) is 29.0 Å². The molecule has 0 aliphatic heterocycles. The van der Waals surface area contributed by atoms with Crippen molar-refractivity contribution in [2.24, 2.45) is 0 Å². The number of amides is 1. The molecule has 1 atom stereocenters. The Morgan fingerprint density at radius 1 is 1.12 bits per heavy atom. The highest BCUT2D eigenvalue weighted by Crippen LogP contribution is 2.21. The van der Waals surface area contributed by atoms with Gasteiger partial charge in [0.2, 0.25) is 0 Å². The van der Waals surface area contributed by atoms with Gasteiger partial charge < -0.3 is 14.8 Å². The van der Waals surface area contributed by atoms with Crippen LogP contribution >= 0.6 is 0 Å². The van der Waals surface area contributed by atoms with E-state index in [9.17, 15) is 4.79 Å². The van der Waals surface area contributed by atoms with Crippen molar-refractivity contribution in [1.29, 1.82) is 0 Å². The second-order valence-corrected chi connectivity index (χ2v) is 6.17. The number of hydrogen-bond acceptors (Lipinski definition) is 3. The van der Waals surface area contributed by atoms with Crippen LogP contribution in [0.1, 0.15) is 30.0 Å². The number of hydrogen-bond donors (Lipinski definition) is 1. The van der Waals surface area contributed by atoms with Gasteiger partial charge in [0, 0.05) is 6.54 Å². The second kappa shape index (κ2) is 9.11. The average Bonchev–Trinajstić information content (AvgIpc) is 2.61. The van der Waals surface area contributed by atoms with E-state index in [-0.39, 0.29) is 5.91 Å². The van der Waals surface area contributed by atoms with Gasteiger partial charge in [-0.2, -0.15) is 0 Å². The first kappa shape index (κ1) is 18.8. The predicted molar refractivity (Wildman–Crippen MR) is 100 cm³/mol. The third-order valence-corrected chi connectivity index (χ3v) is 4.13. The normalized spacial score (nSPS) is 11.7. The molecule has 0 saturated heterocycles. The molecule has 1 amide bonds. The number of methoxy groups -OCH3 is 1. The summed E-state index contributed by atoms with van der Waals surface area (Å²) in [6.07, 6.45) is 0.925. The van der Waals surface area contributed by atoms with Crippen LogP contribution < -0.4 is 14.8 Å². The smallest absolute Gasteiger partial charge is 0.261 e. The lowest BCUT2D eigenvalue weighted by molar-refractivity contribution is -0.128. The first-order chi connectivity index (χ1) is 12.0. The van der Waals surface area contributed by atoms with Gasteiger partial charge in [0.25, 0.3) is 5.91 Å². The Morgan fingerprint density at radius 3 is 2.44 bits per heavy atom. The predicted octanol–water partition coefficient (Wildman–Crippen LogP) is 3.83. The Labute approximate surface area is 150 Å². The van der Waals surface area contributed by atoms with Crippen LogP contribution in [0.15, 0.2) is 42.5 Å². The van der Waals surface area contributed by atoms with Gasteiger partial charge in [0.15, 0.2) is 6.10 Å². The van der Waals surface area contributed by atoms with Gasteiger partial charge in [-0.15, -0.1) is 0 Å². The highest BCUT2D eigenvalue weighted by Gasteiger charge is 2.18. The molecule has 0 saturated carbocycles. The number of ether oxygens (including phenoxy) is 2. The van der Waals surface area contributed by atoms with Crippen molar-refractivity contribution in [3.63, 3.8) is 0 Å². The Bertz CT molecular complexity index is 695. The molecule has 2 rings (SSSR count). The van der Waals surface area contributed by atoms with Crippen molar-refractivity contribution < 1.29 is 14.3 Å². The maximum Gasteiger partial charge on any atom is 0.261 e. The maximum atomic E-state index is 12.4. The van der Waals surface area contributed by atoms with Gasteiger partial charge in [-0.25, -0.2) is 0 Å². The van der Waals surface area contributed by atoms with Gasteiger partial charge in [-0.3, -0.25) is 4.79 Å². The molecule has 0 aromatic heterocycles. The third-order valence-electron chi connectivity index (χ3n) is 4.13. The summed E-state index contributed by atoms with van der Waals surface area (Å²) in [6.45, 7) is 6.58. The Kier molecular flexibility index (Phi) is 6.87. The first-order valence-corrected chi connectivity index (χ1v) is 8.68. The van der Waals surface area contributed by atoms with E-state index in [1.807, 2.05) is 57.2 Å². The summed E-state index contributed by atoms with van der Waals surface area (Å²) in [4.78, 5) is 12.4. The summed E-state index contributed by atoms with van der Waals surface area (Å²) in [7, 11) is 1.65. The molecule has 2 aromatic carbocycles. The summed E-state index contributed by atoms with van der Waals surface area (Å²) in [5.74, 6) is 1.53. The third kappa shape index (κ3) is 5.52. The zero-order valence-corrected chi connectivity index (χ0v) is 15.5. The van der Waals surface area contributed by atoms with E-state index in [2.05, 4.69) is 11.4 Å². The summed E-state index contributed by atoms with van der Waals surface area (Å²) < 4.78 is 11.1. The minimum Gasteiger partial charge on any atom is -0.497 e. The monoisotopic (exact) mass is 341 g/mol. The summed E-state index contributed by atoms with van der Waals surface area (Å²) >= 11 is 0.